The molecule has 3 N–H and O–H groups in total. The molecule has 15 heavy (non-hydrogen) atoms. The van der Waals surface area contributed by atoms with E-state index in [2.05, 4.69) is 20.8 Å². The standard InChI is InChI=1S/C13H29NO/c1-4-7-8-12(5-2)9-13(6-3,10-14)11-15/h12,15H,4-11,14H2,1-3H3. The summed E-state index contributed by atoms with van der Waals surface area (Å²) in [5.74, 6) is 0.737. The summed E-state index contributed by atoms with van der Waals surface area (Å²) in [6, 6.07) is 0. The van der Waals surface area contributed by atoms with E-state index in [1.807, 2.05) is 0 Å². The first-order valence-corrected chi connectivity index (χ1v) is 6.48. The van der Waals surface area contributed by atoms with Crippen LogP contribution in [0.15, 0.2) is 0 Å². The van der Waals surface area contributed by atoms with Crippen LogP contribution in [-0.4, -0.2) is 18.3 Å². The Labute approximate surface area is 95.3 Å². The van der Waals surface area contributed by atoms with Gasteiger partial charge in [0.15, 0.2) is 0 Å². The Hall–Kier alpha value is -0.0800. The lowest BCUT2D eigenvalue weighted by atomic mass is 9.75. The molecule has 0 aromatic rings. The van der Waals surface area contributed by atoms with Gasteiger partial charge in [-0.1, -0.05) is 46.5 Å². The summed E-state index contributed by atoms with van der Waals surface area (Å²) in [4.78, 5) is 0. The Morgan fingerprint density at radius 1 is 1.27 bits per heavy atom. The fourth-order valence-electron chi connectivity index (χ4n) is 2.17. The minimum Gasteiger partial charge on any atom is -0.396 e. The molecular weight excluding hydrogens is 186 g/mol. The third-order valence-corrected chi connectivity index (χ3v) is 3.78. The topological polar surface area (TPSA) is 46.2 Å². The predicted octanol–water partition coefficient (Wildman–Crippen LogP) is 2.94. The first kappa shape index (κ1) is 14.9. The number of aliphatic hydroxyl groups excluding tert-OH is 1. The fourth-order valence-corrected chi connectivity index (χ4v) is 2.17. The molecule has 2 atom stereocenters. The van der Waals surface area contributed by atoms with Gasteiger partial charge in [0.2, 0.25) is 0 Å². The molecule has 2 nitrogen and oxygen atoms in total. The van der Waals surface area contributed by atoms with Crippen molar-refractivity contribution in [1.82, 2.24) is 0 Å². The van der Waals surface area contributed by atoms with Gasteiger partial charge in [-0.05, 0) is 18.8 Å². The second-order valence-corrected chi connectivity index (χ2v) is 4.84. The maximum Gasteiger partial charge on any atom is 0.0499 e. The number of aliphatic hydroxyl groups is 1. The van der Waals surface area contributed by atoms with E-state index in [0.29, 0.717) is 6.54 Å². The number of unbranched alkanes of at least 4 members (excludes halogenated alkanes) is 1. The van der Waals surface area contributed by atoms with Gasteiger partial charge in [0.1, 0.15) is 0 Å². The Kier molecular flexibility index (Phi) is 8.07. The maximum atomic E-state index is 9.47. The Balaban J connectivity index is 4.21. The summed E-state index contributed by atoms with van der Waals surface area (Å²) in [6.45, 7) is 7.46. The van der Waals surface area contributed by atoms with E-state index >= 15 is 0 Å². The van der Waals surface area contributed by atoms with Crippen LogP contribution >= 0.6 is 0 Å². The van der Waals surface area contributed by atoms with Crippen LogP contribution in [0.25, 0.3) is 0 Å². The highest BCUT2D eigenvalue weighted by molar-refractivity contribution is 4.81. The third kappa shape index (κ3) is 4.98. The largest absolute Gasteiger partial charge is 0.396 e. The maximum absolute atomic E-state index is 9.47. The van der Waals surface area contributed by atoms with Crippen molar-refractivity contribution in [3.05, 3.63) is 0 Å². The lowest BCUT2D eigenvalue weighted by molar-refractivity contribution is 0.0945. The monoisotopic (exact) mass is 215 g/mol. The van der Waals surface area contributed by atoms with Crippen LogP contribution in [-0.2, 0) is 0 Å². The minimum atomic E-state index is -0.0194. The SMILES string of the molecule is CCCCC(CC)CC(CC)(CN)CO. The molecule has 0 aliphatic rings. The van der Waals surface area contributed by atoms with Crippen molar-refractivity contribution in [2.24, 2.45) is 17.1 Å². The molecule has 0 aromatic heterocycles. The smallest absolute Gasteiger partial charge is 0.0499 e. The zero-order valence-corrected chi connectivity index (χ0v) is 10.8. The number of hydrogen-bond donors (Lipinski definition) is 2. The summed E-state index contributed by atoms with van der Waals surface area (Å²) in [6.07, 6.45) is 7.14. The van der Waals surface area contributed by atoms with Gasteiger partial charge in [-0.15, -0.1) is 0 Å². The normalized spacial score (nSPS) is 17.4. The predicted molar refractivity (Wildman–Crippen MR) is 66.8 cm³/mol. The summed E-state index contributed by atoms with van der Waals surface area (Å²) >= 11 is 0. The van der Waals surface area contributed by atoms with Gasteiger partial charge in [-0.3, -0.25) is 0 Å². The number of rotatable bonds is 9. The lowest BCUT2D eigenvalue weighted by Gasteiger charge is -2.33. The minimum absolute atomic E-state index is 0.0194. The highest BCUT2D eigenvalue weighted by Crippen LogP contribution is 2.32. The second-order valence-electron chi connectivity index (χ2n) is 4.84. The summed E-state index contributed by atoms with van der Waals surface area (Å²) < 4.78 is 0. The molecular formula is C13H29NO. The Bertz CT molecular complexity index is 135. The molecule has 0 fully saturated rings. The van der Waals surface area contributed by atoms with Gasteiger partial charge in [0.05, 0.1) is 0 Å². The molecule has 0 bridgehead atoms. The van der Waals surface area contributed by atoms with Crippen molar-refractivity contribution < 1.29 is 5.11 Å². The Morgan fingerprint density at radius 3 is 2.27 bits per heavy atom. The van der Waals surface area contributed by atoms with Crippen molar-refractivity contribution in [2.75, 3.05) is 13.2 Å². The molecule has 0 saturated carbocycles. The van der Waals surface area contributed by atoms with E-state index in [4.69, 9.17) is 5.73 Å². The van der Waals surface area contributed by atoms with E-state index < -0.39 is 0 Å². The first-order chi connectivity index (χ1) is 7.17. The van der Waals surface area contributed by atoms with Crippen LogP contribution in [0.4, 0.5) is 0 Å². The zero-order valence-electron chi connectivity index (χ0n) is 10.8. The number of nitrogens with two attached hydrogens (primary N) is 1. The van der Waals surface area contributed by atoms with Crippen LogP contribution < -0.4 is 5.73 Å². The van der Waals surface area contributed by atoms with Crippen LogP contribution in [0.3, 0.4) is 0 Å². The first-order valence-electron chi connectivity index (χ1n) is 6.48. The van der Waals surface area contributed by atoms with Gasteiger partial charge in [0.25, 0.3) is 0 Å². The highest BCUT2D eigenvalue weighted by Gasteiger charge is 2.28. The average molecular weight is 215 g/mol. The molecule has 0 amide bonds. The van der Waals surface area contributed by atoms with E-state index in [9.17, 15) is 5.11 Å². The lowest BCUT2D eigenvalue weighted by Crippen LogP contribution is -2.35. The van der Waals surface area contributed by atoms with E-state index in [-0.39, 0.29) is 12.0 Å². The Morgan fingerprint density at radius 2 is 1.93 bits per heavy atom. The van der Waals surface area contributed by atoms with Crippen molar-refractivity contribution in [3.8, 4) is 0 Å². The van der Waals surface area contributed by atoms with E-state index in [0.717, 1.165) is 18.8 Å². The van der Waals surface area contributed by atoms with Gasteiger partial charge in [0, 0.05) is 18.6 Å². The molecule has 0 rings (SSSR count). The fraction of sp³-hybridized carbons (Fsp3) is 1.00. The van der Waals surface area contributed by atoms with Gasteiger partial charge in [-0.2, -0.15) is 0 Å². The molecule has 0 saturated heterocycles. The van der Waals surface area contributed by atoms with Gasteiger partial charge < -0.3 is 10.8 Å². The third-order valence-electron chi connectivity index (χ3n) is 3.78. The molecule has 0 aromatic carbocycles. The zero-order chi connectivity index (χ0) is 11.7. The van der Waals surface area contributed by atoms with Crippen molar-refractivity contribution in [3.63, 3.8) is 0 Å². The van der Waals surface area contributed by atoms with Crippen molar-refractivity contribution >= 4 is 0 Å². The molecule has 2 heteroatoms. The van der Waals surface area contributed by atoms with Gasteiger partial charge >= 0.3 is 0 Å². The second kappa shape index (κ2) is 8.12. The highest BCUT2D eigenvalue weighted by atomic mass is 16.3. The molecule has 92 valence electrons. The van der Waals surface area contributed by atoms with E-state index in [1.54, 1.807) is 0 Å². The molecule has 0 radical (unpaired) electrons. The molecule has 0 spiro atoms. The summed E-state index contributed by atoms with van der Waals surface area (Å²) in [7, 11) is 0. The van der Waals surface area contributed by atoms with Crippen LogP contribution in [0.1, 0.15) is 59.3 Å². The van der Waals surface area contributed by atoms with Crippen molar-refractivity contribution in [2.45, 2.75) is 59.3 Å². The molecule has 0 aliphatic heterocycles. The number of hydrogen-bond acceptors (Lipinski definition) is 2. The summed E-state index contributed by atoms with van der Waals surface area (Å²) in [5, 5.41) is 9.47. The molecule has 0 aliphatic carbocycles. The molecule has 2 unspecified atom stereocenters. The van der Waals surface area contributed by atoms with Crippen LogP contribution in [0.5, 0.6) is 0 Å². The average Bonchev–Trinajstić information content (AvgIpc) is 2.30. The van der Waals surface area contributed by atoms with E-state index in [1.165, 1.54) is 25.7 Å². The van der Waals surface area contributed by atoms with Gasteiger partial charge in [-0.25, -0.2) is 0 Å². The molecule has 0 heterocycles. The van der Waals surface area contributed by atoms with Crippen LogP contribution in [0, 0.1) is 11.3 Å². The van der Waals surface area contributed by atoms with Crippen LogP contribution in [0.2, 0.25) is 0 Å². The quantitative estimate of drug-likeness (QED) is 0.621. The van der Waals surface area contributed by atoms with Crippen molar-refractivity contribution in [1.29, 1.82) is 0 Å². The summed E-state index contributed by atoms with van der Waals surface area (Å²) in [5.41, 5.74) is 5.78.